The van der Waals surface area contributed by atoms with E-state index in [1.165, 1.54) is 8.93 Å². The molecular formula is C13H20INO2S. The minimum Gasteiger partial charge on any atom is -0.459 e. The number of hydrogen-bond donors (Lipinski definition) is 0. The first-order chi connectivity index (χ1) is 8.27. The molecule has 1 heterocycles. The van der Waals surface area contributed by atoms with Crippen LogP contribution in [-0.2, 0) is 9.53 Å². The highest BCUT2D eigenvalue weighted by molar-refractivity contribution is 14.2. The van der Waals surface area contributed by atoms with Crippen LogP contribution in [0.1, 0.15) is 40.5 Å². The molecule has 18 heavy (non-hydrogen) atoms. The minimum absolute atomic E-state index is 0.167. The van der Waals surface area contributed by atoms with E-state index in [1.807, 2.05) is 20.8 Å². The van der Waals surface area contributed by atoms with Gasteiger partial charge in [0.15, 0.2) is 0 Å². The summed E-state index contributed by atoms with van der Waals surface area (Å²) in [6.07, 6.45) is 2.10. The average molecular weight is 381 g/mol. The van der Waals surface area contributed by atoms with Crippen molar-refractivity contribution in [1.29, 1.82) is 0 Å². The normalized spacial score (nSPS) is 24.5. The third-order valence-corrected chi connectivity index (χ3v) is 3.73. The maximum absolute atomic E-state index is 11.9. The van der Waals surface area contributed by atoms with Gasteiger partial charge < -0.3 is 4.74 Å². The minimum atomic E-state index is -0.420. The molecule has 3 nitrogen and oxygen atoms in total. The maximum atomic E-state index is 11.9. The van der Waals surface area contributed by atoms with E-state index in [9.17, 15) is 4.79 Å². The van der Waals surface area contributed by atoms with Gasteiger partial charge in [-0.2, -0.15) is 0 Å². The lowest BCUT2D eigenvalue weighted by Crippen LogP contribution is -2.44. The summed E-state index contributed by atoms with van der Waals surface area (Å²) in [5.41, 5.74) is -0.605. The molecule has 0 spiro atoms. The zero-order valence-corrected chi connectivity index (χ0v) is 14.4. The van der Waals surface area contributed by atoms with Crippen LogP contribution in [0.15, 0.2) is 0 Å². The van der Waals surface area contributed by atoms with Gasteiger partial charge in [0.05, 0.1) is 12.1 Å². The molecule has 1 aliphatic rings. The van der Waals surface area contributed by atoms with Crippen LogP contribution in [0.2, 0.25) is 0 Å². The van der Waals surface area contributed by atoms with Crippen LogP contribution in [0, 0.1) is 11.2 Å². The van der Waals surface area contributed by atoms with Gasteiger partial charge in [0, 0.05) is 27.8 Å². The number of hydrogen-bond acceptors (Lipinski definition) is 4. The summed E-state index contributed by atoms with van der Waals surface area (Å²) >= 11 is 2.16. The van der Waals surface area contributed by atoms with E-state index in [0.29, 0.717) is 6.54 Å². The van der Waals surface area contributed by atoms with E-state index in [1.54, 1.807) is 0 Å². The van der Waals surface area contributed by atoms with Gasteiger partial charge in [-0.3, -0.25) is 9.69 Å². The zero-order chi connectivity index (χ0) is 13.8. The SMILES string of the molecule is CC(C)(C)OC(=O)CN1CCCC1(C)C#CSI. The Hall–Kier alpha value is 0.0700. The molecule has 1 atom stereocenters. The molecule has 0 radical (unpaired) electrons. The molecule has 0 saturated carbocycles. The van der Waals surface area contributed by atoms with Crippen LogP contribution >= 0.6 is 30.1 Å². The Morgan fingerprint density at radius 2 is 2.22 bits per heavy atom. The van der Waals surface area contributed by atoms with E-state index in [-0.39, 0.29) is 11.5 Å². The first-order valence-electron chi connectivity index (χ1n) is 6.03. The Labute approximate surface area is 126 Å². The molecule has 1 saturated heterocycles. The predicted molar refractivity (Wildman–Crippen MR) is 84.4 cm³/mol. The molecule has 0 aromatic carbocycles. The molecule has 102 valence electrons. The summed E-state index contributed by atoms with van der Waals surface area (Å²) in [6, 6.07) is 0. The quantitative estimate of drug-likeness (QED) is 0.417. The van der Waals surface area contributed by atoms with E-state index in [4.69, 9.17) is 4.74 Å². The molecule has 0 aliphatic carbocycles. The molecule has 0 aromatic heterocycles. The van der Waals surface area contributed by atoms with Crippen molar-refractivity contribution in [2.45, 2.75) is 51.7 Å². The standard InChI is InChI=1S/C13H20INO2S/c1-12(2,3)17-11(16)10-15-8-5-6-13(15,4)7-9-18-14/h5-6,8,10H2,1-4H3. The topological polar surface area (TPSA) is 29.5 Å². The number of rotatable bonds is 2. The van der Waals surface area contributed by atoms with Crippen LogP contribution in [-0.4, -0.2) is 35.1 Å². The number of nitrogens with zero attached hydrogens (tertiary/aromatic N) is 1. The van der Waals surface area contributed by atoms with Crippen LogP contribution in [0.4, 0.5) is 0 Å². The van der Waals surface area contributed by atoms with E-state index >= 15 is 0 Å². The fourth-order valence-corrected chi connectivity index (χ4v) is 2.66. The molecule has 0 bridgehead atoms. The summed E-state index contributed by atoms with van der Waals surface area (Å²) in [6.45, 7) is 9.01. The molecule has 1 fully saturated rings. The van der Waals surface area contributed by atoms with Crippen LogP contribution < -0.4 is 0 Å². The Kier molecular flexibility index (Phi) is 5.81. The molecule has 5 heteroatoms. The lowest BCUT2D eigenvalue weighted by Gasteiger charge is -2.30. The summed E-state index contributed by atoms with van der Waals surface area (Å²) in [4.78, 5) is 14.0. The van der Waals surface area contributed by atoms with Gasteiger partial charge in [-0.15, -0.1) is 0 Å². The number of likely N-dealkylation sites (tertiary alicyclic amines) is 1. The molecular weight excluding hydrogens is 361 g/mol. The third-order valence-electron chi connectivity index (χ3n) is 2.89. The average Bonchev–Trinajstić information content (AvgIpc) is 2.55. The van der Waals surface area contributed by atoms with Gasteiger partial charge in [-0.25, -0.2) is 0 Å². The lowest BCUT2D eigenvalue weighted by atomic mass is 10.0. The summed E-state index contributed by atoms with van der Waals surface area (Å²) < 4.78 is 5.36. The molecule has 0 aromatic rings. The Morgan fingerprint density at radius 1 is 1.56 bits per heavy atom. The van der Waals surface area contributed by atoms with Gasteiger partial charge >= 0.3 is 5.97 Å². The zero-order valence-electron chi connectivity index (χ0n) is 11.4. The van der Waals surface area contributed by atoms with Crippen LogP contribution in [0.5, 0.6) is 0 Å². The third kappa shape index (κ3) is 4.98. The maximum Gasteiger partial charge on any atom is 0.320 e. The van der Waals surface area contributed by atoms with Crippen molar-refractivity contribution in [3.63, 3.8) is 0 Å². The highest BCUT2D eigenvalue weighted by atomic mass is 127. The summed E-state index contributed by atoms with van der Waals surface area (Å²) in [5.74, 6) is 3.08. The van der Waals surface area contributed by atoms with Crippen molar-refractivity contribution in [2.75, 3.05) is 13.1 Å². The number of carbonyl (C=O) groups is 1. The highest BCUT2D eigenvalue weighted by Crippen LogP contribution is 2.28. The number of carbonyl (C=O) groups excluding carboxylic acids is 1. The Bertz CT molecular complexity index is 369. The fourth-order valence-electron chi connectivity index (χ4n) is 2.07. The van der Waals surface area contributed by atoms with Gasteiger partial charge in [-0.1, -0.05) is 5.92 Å². The highest BCUT2D eigenvalue weighted by Gasteiger charge is 2.36. The van der Waals surface area contributed by atoms with E-state index < -0.39 is 5.60 Å². The van der Waals surface area contributed by atoms with Crippen LogP contribution in [0.3, 0.4) is 0 Å². The number of esters is 1. The Morgan fingerprint density at radius 3 is 2.78 bits per heavy atom. The van der Waals surface area contributed by atoms with Crippen molar-refractivity contribution in [3.8, 4) is 11.2 Å². The van der Waals surface area contributed by atoms with Gasteiger partial charge in [0.25, 0.3) is 0 Å². The van der Waals surface area contributed by atoms with E-state index in [0.717, 1.165) is 19.4 Å². The lowest BCUT2D eigenvalue weighted by molar-refractivity contribution is -0.156. The van der Waals surface area contributed by atoms with Crippen molar-refractivity contribution >= 4 is 36.1 Å². The van der Waals surface area contributed by atoms with Gasteiger partial charge in [-0.05, 0) is 54.7 Å². The summed E-state index contributed by atoms with van der Waals surface area (Å²) in [5, 5.41) is 3.04. The summed E-state index contributed by atoms with van der Waals surface area (Å²) in [7, 11) is 1.48. The number of ether oxygens (including phenoxy) is 1. The second kappa shape index (κ2) is 6.49. The van der Waals surface area contributed by atoms with Crippen molar-refractivity contribution < 1.29 is 9.53 Å². The second-order valence-electron chi connectivity index (χ2n) is 5.69. The monoisotopic (exact) mass is 381 g/mol. The second-order valence-corrected chi connectivity index (χ2v) is 7.37. The molecule has 1 aliphatic heterocycles. The van der Waals surface area contributed by atoms with Gasteiger partial charge in [0.1, 0.15) is 5.60 Å². The molecule has 0 amide bonds. The first-order valence-corrected chi connectivity index (χ1v) is 9.39. The van der Waals surface area contributed by atoms with Crippen molar-refractivity contribution in [3.05, 3.63) is 0 Å². The Balaban J connectivity index is 2.63. The fraction of sp³-hybridized carbons (Fsp3) is 0.769. The van der Waals surface area contributed by atoms with E-state index in [2.05, 4.69) is 44.2 Å². The largest absolute Gasteiger partial charge is 0.459 e. The van der Waals surface area contributed by atoms with Crippen molar-refractivity contribution in [1.82, 2.24) is 4.90 Å². The first kappa shape index (κ1) is 16.1. The predicted octanol–water partition coefficient (Wildman–Crippen LogP) is 3.23. The molecule has 1 unspecified atom stereocenters. The number of halogens is 1. The van der Waals surface area contributed by atoms with Crippen LogP contribution in [0.25, 0.3) is 0 Å². The van der Waals surface area contributed by atoms with Gasteiger partial charge in [0.2, 0.25) is 0 Å². The molecule has 1 rings (SSSR count). The molecule has 0 N–H and O–H groups in total. The smallest absolute Gasteiger partial charge is 0.320 e. The van der Waals surface area contributed by atoms with Crippen molar-refractivity contribution in [2.24, 2.45) is 0 Å².